The Morgan fingerprint density at radius 1 is 1.08 bits per heavy atom. The van der Waals surface area contributed by atoms with Crippen molar-refractivity contribution < 1.29 is 9.53 Å². The Bertz CT molecular complexity index is 848. The Morgan fingerprint density at radius 3 is 2.33 bits per heavy atom. The molecule has 0 unspecified atom stereocenters. The second-order valence-corrected chi connectivity index (χ2v) is 5.48. The van der Waals surface area contributed by atoms with Crippen LogP contribution >= 0.6 is 0 Å². The maximum absolute atomic E-state index is 12.6. The minimum Gasteiger partial charge on any atom is -0.457 e. The summed E-state index contributed by atoms with van der Waals surface area (Å²) in [7, 11) is 0. The van der Waals surface area contributed by atoms with E-state index in [0.717, 1.165) is 22.4 Å². The normalized spacial score (nSPS) is 10.4. The molecule has 3 aromatic rings. The lowest BCUT2D eigenvalue weighted by molar-refractivity contribution is 0.0539. The zero-order chi connectivity index (χ0) is 16.9. The third-order valence-electron chi connectivity index (χ3n) is 3.90. The molecular formula is C21H19NO2. The van der Waals surface area contributed by atoms with Gasteiger partial charge in [-0.3, -0.25) is 0 Å². The number of esters is 1. The van der Waals surface area contributed by atoms with Crippen molar-refractivity contribution in [2.75, 3.05) is 6.61 Å². The van der Waals surface area contributed by atoms with Crippen LogP contribution in [0.3, 0.4) is 0 Å². The second-order valence-electron chi connectivity index (χ2n) is 5.48. The monoisotopic (exact) mass is 317 g/mol. The Hall–Kier alpha value is -3.07. The Kier molecular flexibility index (Phi) is 4.62. The minimum atomic E-state index is -0.349. The van der Waals surface area contributed by atoms with E-state index >= 15 is 0 Å². The van der Waals surface area contributed by atoms with Gasteiger partial charge in [-0.25, -0.2) is 4.79 Å². The molecule has 1 aromatic heterocycles. The van der Waals surface area contributed by atoms with E-state index in [-0.39, 0.29) is 12.6 Å². The highest BCUT2D eigenvalue weighted by molar-refractivity contribution is 5.93. The van der Waals surface area contributed by atoms with E-state index in [9.17, 15) is 4.79 Å². The predicted molar refractivity (Wildman–Crippen MR) is 96.4 cm³/mol. The number of hydrogen-bond donors (Lipinski definition) is 0. The molecule has 0 saturated carbocycles. The van der Waals surface area contributed by atoms with Crippen LogP contribution < -0.4 is 0 Å². The van der Waals surface area contributed by atoms with E-state index in [1.165, 1.54) is 0 Å². The molecule has 0 radical (unpaired) electrons. The van der Waals surface area contributed by atoms with E-state index in [2.05, 4.69) is 6.58 Å². The fraction of sp³-hybridized carbons (Fsp3) is 0.0952. The summed E-state index contributed by atoms with van der Waals surface area (Å²) in [5.41, 5.74) is 4.46. The van der Waals surface area contributed by atoms with Crippen molar-refractivity contribution in [2.24, 2.45) is 0 Å². The van der Waals surface area contributed by atoms with Crippen LogP contribution in [0, 0.1) is 6.92 Å². The molecule has 0 saturated heterocycles. The second kappa shape index (κ2) is 7.01. The number of hydrogen-bond acceptors (Lipinski definition) is 2. The van der Waals surface area contributed by atoms with E-state index in [1.807, 2.05) is 78.4 Å². The van der Waals surface area contributed by atoms with Gasteiger partial charge in [0.2, 0.25) is 0 Å². The van der Waals surface area contributed by atoms with Crippen LogP contribution in [-0.2, 0) is 4.74 Å². The SMILES string of the molecule is C=CCOC(=O)c1c(C)c(-c2ccccc2)cn1-c1ccccc1. The summed E-state index contributed by atoms with van der Waals surface area (Å²) in [5.74, 6) is -0.349. The first kappa shape index (κ1) is 15.8. The standard InChI is InChI=1S/C21H19NO2/c1-3-14-24-21(23)20-16(2)19(17-10-6-4-7-11-17)15-22(20)18-12-8-5-9-13-18/h3-13,15H,1,14H2,2H3. The van der Waals surface area contributed by atoms with Crippen molar-refractivity contribution in [3.8, 4) is 16.8 Å². The number of carbonyl (C=O) groups is 1. The molecular weight excluding hydrogens is 298 g/mol. The highest BCUT2D eigenvalue weighted by Gasteiger charge is 2.21. The summed E-state index contributed by atoms with van der Waals surface area (Å²) in [6.07, 6.45) is 3.56. The predicted octanol–water partition coefficient (Wildman–Crippen LogP) is 4.80. The minimum absolute atomic E-state index is 0.193. The number of rotatable bonds is 5. The van der Waals surface area contributed by atoms with Gasteiger partial charge in [0.05, 0.1) is 0 Å². The van der Waals surface area contributed by atoms with E-state index < -0.39 is 0 Å². The van der Waals surface area contributed by atoms with Crippen LogP contribution in [0.1, 0.15) is 16.1 Å². The number of aromatic nitrogens is 1. The molecule has 3 heteroatoms. The van der Waals surface area contributed by atoms with Gasteiger partial charge in [-0.2, -0.15) is 0 Å². The van der Waals surface area contributed by atoms with Gasteiger partial charge in [-0.1, -0.05) is 61.2 Å². The molecule has 1 heterocycles. The van der Waals surface area contributed by atoms with Crippen LogP contribution in [0.2, 0.25) is 0 Å². The maximum atomic E-state index is 12.6. The largest absolute Gasteiger partial charge is 0.457 e. The van der Waals surface area contributed by atoms with Crippen molar-refractivity contribution in [3.05, 3.63) is 90.8 Å². The van der Waals surface area contributed by atoms with Gasteiger partial charge in [0, 0.05) is 17.4 Å². The smallest absolute Gasteiger partial charge is 0.355 e. The lowest BCUT2D eigenvalue weighted by Crippen LogP contribution is -2.12. The molecule has 0 bridgehead atoms. The Balaban J connectivity index is 2.16. The molecule has 0 aliphatic heterocycles. The van der Waals surface area contributed by atoms with Crippen molar-refractivity contribution >= 4 is 5.97 Å². The van der Waals surface area contributed by atoms with Crippen LogP contribution in [0.5, 0.6) is 0 Å². The van der Waals surface area contributed by atoms with Crippen LogP contribution in [0.15, 0.2) is 79.5 Å². The summed E-state index contributed by atoms with van der Waals surface area (Å²) in [6, 6.07) is 19.8. The number of carbonyl (C=O) groups excluding carboxylic acids is 1. The molecule has 0 fully saturated rings. The molecule has 120 valence electrons. The molecule has 0 atom stereocenters. The molecule has 3 nitrogen and oxygen atoms in total. The summed E-state index contributed by atoms with van der Waals surface area (Å²) in [6.45, 7) is 5.74. The molecule has 0 N–H and O–H groups in total. The summed E-state index contributed by atoms with van der Waals surface area (Å²) >= 11 is 0. The Morgan fingerprint density at radius 2 is 1.71 bits per heavy atom. The van der Waals surface area contributed by atoms with Gasteiger partial charge in [-0.15, -0.1) is 0 Å². The van der Waals surface area contributed by atoms with Gasteiger partial charge >= 0.3 is 5.97 Å². The van der Waals surface area contributed by atoms with Gasteiger partial charge < -0.3 is 9.30 Å². The van der Waals surface area contributed by atoms with Gasteiger partial charge in [0.1, 0.15) is 12.3 Å². The molecule has 2 aromatic carbocycles. The molecule has 0 amide bonds. The van der Waals surface area contributed by atoms with E-state index in [4.69, 9.17) is 4.74 Å². The first-order chi connectivity index (χ1) is 11.7. The lowest BCUT2D eigenvalue weighted by atomic mass is 10.0. The average Bonchev–Trinajstić information content (AvgIpc) is 2.98. The topological polar surface area (TPSA) is 31.2 Å². The Labute approximate surface area is 141 Å². The summed E-state index contributed by atoms with van der Waals surface area (Å²) in [5, 5.41) is 0. The van der Waals surface area contributed by atoms with Crippen molar-refractivity contribution in [3.63, 3.8) is 0 Å². The molecule has 0 aliphatic carbocycles. The summed E-state index contributed by atoms with van der Waals surface area (Å²) in [4.78, 5) is 12.6. The van der Waals surface area contributed by atoms with Gasteiger partial charge in [0.15, 0.2) is 0 Å². The quantitative estimate of drug-likeness (QED) is 0.500. The van der Waals surface area contributed by atoms with Crippen molar-refractivity contribution in [2.45, 2.75) is 6.92 Å². The fourth-order valence-electron chi connectivity index (χ4n) is 2.75. The molecule has 0 aliphatic rings. The zero-order valence-corrected chi connectivity index (χ0v) is 13.6. The highest BCUT2D eigenvalue weighted by Crippen LogP contribution is 2.30. The molecule has 24 heavy (non-hydrogen) atoms. The average molecular weight is 317 g/mol. The zero-order valence-electron chi connectivity index (χ0n) is 13.6. The lowest BCUT2D eigenvalue weighted by Gasteiger charge is -2.09. The number of benzene rings is 2. The summed E-state index contributed by atoms with van der Waals surface area (Å²) < 4.78 is 7.18. The van der Waals surface area contributed by atoms with Crippen LogP contribution in [0.25, 0.3) is 16.8 Å². The van der Waals surface area contributed by atoms with Crippen LogP contribution in [-0.4, -0.2) is 17.1 Å². The third-order valence-corrected chi connectivity index (χ3v) is 3.90. The number of nitrogens with zero attached hydrogens (tertiary/aromatic N) is 1. The van der Waals surface area contributed by atoms with E-state index in [0.29, 0.717) is 5.69 Å². The van der Waals surface area contributed by atoms with Gasteiger partial charge in [-0.05, 0) is 30.2 Å². The third kappa shape index (κ3) is 3.01. The number of ether oxygens (including phenoxy) is 1. The van der Waals surface area contributed by atoms with Crippen molar-refractivity contribution in [1.29, 1.82) is 0 Å². The highest BCUT2D eigenvalue weighted by atomic mass is 16.5. The first-order valence-corrected chi connectivity index (χ1v) is 7.83. The van der Waals surface area contributed by atoms with Gasteiger partial charge in [0.25, 0.3) is 0 Å². The van der Waals surface area contributed by atoms with E-state index in [1.54, 1.807) is 6.08 Å². The van der Waals surface area contributed by atoms with Crippen LogP contribution in [0.4, 0.5) is 0 Å². The maximum Gasteiger partial charge on any atom is 0.355 e. The first-order valence-electron chi connectivity index (χ1n) is 7.83. The molecule has 3 rings (SSSR count). The molecule has 0 spiro atoms. The van der Waals surface area contributed by atoms with Crippen molar-refractivity contribution in [1.82, 2.24) is 4.57 Å². The number of para-hydroxylation sites is 1. The fourth-order valence-corrected chi connectivity index (χ4v) is 2.75.